The number of halogens is 1. The smallest absolute Gasteiger partial charge is 0.214 e. The fourth-order valence-corrected chi connectivity index (χ4v) is 2.92. The number of hydrogen-bond acceptors (Lipinski definition) is 2. The molecule has 0 aromatic carbocycles. The summed E-state index contributed by atoms with van der Waals surface area (Å²) in [5.41, 5.74) is 0. The molecule has 1 heterocycles. The van der Waals surface area contributed by atoms with Gasteiger partial charge in [0.25, 0.3) is 0 Å². The predicted molar refractivity (Wildman–Crippen MR) is 73.1 cm³/mol. The molecular weight excluding hydrogens is 227 g/mol. The van der Waals surface area contributed by atoms with Crippen LogP contribution in [-0.4, -0.2) is 11.0 Å². The Bertz CT molecular complexity index is 367. The van der Waals surface area contributed by atoms with Crippen LogP contribution in [0.15, 0.2) is 18.2 Å². The van der Waals surface area contributed by atoms with Crippen LogP contribution in [0.1, 0.15) is 51.9 Å². The third-order valence-electron chi connectivity index (χ3n) is 3.85. The number of rotatable bonds is 4. The van der Waals surface area contributed by atoms with Gasteiger partial charge in [0, 0.05) is 6.04 Å². The first-order chi connectivity index (χ1) is 8.78. The minimum Gasteiger partial charge on any atom is -0.367 e. The number of anilines is 1. The van der Waals surface area contributed by atoms with Crippen LogP contribution in [0, 0.1) is 11.9 Å². The van der Waals surface area contributed by atoms with Crippen LogP contribution in [0.4, 0.5) is 10.2 Å². The van der Waals surface area contributed by atoms with E-state index in [1.54, 1.807) is 6.07 Å². The Hall–Kier alpha value is -1.12. The maximum Gasteiger partial charge on any atom is 0.214 e. The van der Waals surface area contributed by atoms with Crippen LogP contribution in [0.25, 0.3) is 0 Å². The summed E-state index contributed by atoms with van der Waals surface area (Å²) >= 11 is 0. The van der Waals surface area contributed by atoms with Crippen LogP contribution in [0.3, 0.4) is 0 Å². The fraction of sp³-hybridized carbons (Fsp3) is 0.667. The van der Waals surface area contributed by atoms with Crippen molar-refractivity contribution in [2.75, 3.05) is 5.32 Å². The zero-order valence-corrected chi connectivity index (χ0v) is 11.2. The number of aromatic nitrogens is 1. The van der Waals surface area contributed by atoms with Crippen LogP contribution >= 0.6 is 0 Å². The normalized spacial score (nSPS) is 24.6. The van der Waals surface area contributed by atoms with E-state index in [9.17, 15) is 4.39 Å². The predicted octanol–water partition coefficient (Wildman–Crippen LogP) is 4.38. The maximum absolute atomic E-state index is 13.0. The molecule has 2 nitrogen and oxygen atoms in total. The molecule has 18 heavy (non-hydrogen) atoms. The van der Waals surface area contributed by atoms with Gasteiger partial charge in [-0.15, -0.1) is 0 Å². The number of nitrogens with zero attached hydrogens (tertiary/aromatic N) is 1. The maximum atomic E-state index is 13.0. The summed E-state index contributed by atoms with van der Waals surface area (Å²) in [7, 11) is 0. The molecule has 3 heteroatoms. The van der Waals surface area contributed by atoms with Gasteiger partial charge >= 0.3 is 0 Å². The van der Waals surface area contributed by atoms with E-state index in [4.69, 9.17) is 0 Å². The van der Waals surface area contributed by atoms with Gasteiger partial charge in [-0.25, -0.2) is 4.98 Å². The van der Waals surface area contributed by atoms with E-state index in [1.807, 2.05) is 6.07 Å². The Morgan fingerprint density at radius 1 is 1.28 bits per heavy atom. The van der Waals surface area contributed by atoms with Gasteiger partial charge in [-0.2, -0.15) is 4.39 Å². The third kappa shape index (κ3) is 3.97. The van der Waals surface area contributed by atoms with Crippen molar-refractivity contribution in [3.8, 4) is 0 Å². The summed E-state index contributed by atoms with van der Waals surface area (Å²) in [5, 5.41) is 3.37. The summed E-state index contributed by atoms with van der Waals surface area (Å²) in [5.74, 6) is 1.16. The molecule has 1 aromatic heterocycles. The van der Waals surface area contributed by atoms with E-state index in [2.05, 4.69) is 17.2 Å². The highest BCUT2D eigenvalue weighted by atomic mass is 19.1. The van der Waals surface area contributed by atoms with Crippen LogP contribution in [0.5, 0.6) is 0 Å². The van der Waals surface area contributed by atoms with Gasteiger partial charge in [-0.1, -0.05) is 38.7 Å². The highest BCUT2D eigenvalue weighted by Crippen LogP contribution is 2.27. The summed E-state index contributed by atoms with van der Waals surface area (Å²) in [6, 6.07) is 5.40. The SMILES string of the molecule is CCCC1CCCC(Nc2cccc(F)n2)CC1. The quantitative estimate of drug-likeness (QED) is 0.633. The molecule has 1 aliphatic rings. The van der Waals surface area contributed by atoms with Crippen LogP contribution in [0.2, 0.25) is 0 Å². The average Bonchev–Trinajstić information content (AvgIpc) is 2.56. The lowest BCUT2D eigenvalue weighted by Crippen LogP contribution is -2.19. The van der Waals surface area contributed by atoms with Gasteiger partial charge in [0.2, 0.25) is 5.95 Å². The van der Waals surface area contributed by atoms with Crippen molar-refractivity contribution in [2.45, 2.75) is 57.9 Å². The summed E-state index contributed by atoms with van der Waals surface area (Å²) in [6.07, 6.45) is 8.92. The van der Waals surface area contributed by atoms with E-state index < -0.39 is 5.95 Å². The molecule has 1 N–H and O–H groups in total. The molecule has 2 unspecified atom stereocenters. The molecule has 0 aliphatic heterocycles. The third-order valence-corrected chi connectivity index (χ3v) is 3.85. The molecule has 0 bridgehead atoms. The van der Waals surface area contributed by atoms with Gasteiger partial charge < -0.3 is 5.32 Å². The summed E-state index contributed by atoms with van der Waals surface area (Å²) in [6.45, 7) is 2.26. The second-order valence-corrected chi connectivity index (χ2v) is 5.35. The molecule has 1 saturated carbocycles. The monoisotopic (exact) mass is 250 g/mol. The van der Waals surface area contributed by atoms with Gasteiger partial charge in [0.15, 0.2) is 0 Å². The lowest BCUT2D eigenvalue weighted by atomic mass is 9.95. The molecule has 0 radical (unpaired) electrons. The van der Waals surface area contributed by atoms with E-state index in [0.717, 1.165) is 5.92 Å². The van der Waals surface area contributed by atoms with E-state index >= 15 is 0 Å². The van der Waals surface area contributed by atoms with Crippen LogP contribution < -0.4 is 5.32 Å². The first-order valence-electron chi connectivity index (χ1n) is 7.17. The van der Waals surface area contributed by atoms with Crippen molar-refractivity contribution < 1.29 is 4.39 Å². The second kappa shape index (κ2) is 6.72. The zero-order chi connectivity index (χ0) is 12.8. The second-order valence-electron chi connectivity index (χ2n) is 5.35. The summed E-state index contributed by atoms with van der Waals surface area (Å²) in [4.78, 5) is 3.88. The Balaban J connectivity index is 1.87. The van der Waals surface area contributed by atoms with Gasteiger partial charge in [-0.05, 0) is 37.3 Å². The Kier molecular flexibility index (Phi) is 4.97. The zero-order valence-electron chi connectivity index (χ0n) is 11.2. The molecule has 0 amide bonds. The molecule has 1 fully saturated rings. The Morgan fingerprint density at radius 2 is 2.17 bits per heavy atom. The van der Waals surface area contributed by atoms with Crippen molar-refractivity contribution >= 4 is 5.82 Å². The van der Waals surface area contributed by atoms with Crippen molar-refractivity contribution in [1.29, 1.82) is 0 Å². The first-order valence-corrected chi connectivity index (χ1v) is 7.17. The van der Waals surface area contributed by atoms with Crippen LogP contribution in [-0.2, 0) is 0 Å². The molecule has 0 saturated heterocycles. The molecule has 1 aliphatic carbocycles. The molecule has 2 atom stereocenters. The van der Waals surface area contributed by atoms with E-state index in [1.165, 1.54) is 51.0 Å². The minimum atomic E-state index is -0.405. The number of pyridine rings is 1. The van der Waals surface area contributed by atoms with Crippen molar-refractivity contribution in [3.63, 3.8) is 0 Å². The number of hydrogen-bond donors (Lipinski definition) is 1. The summed E-state index contributed by atoms with van der Waals surface area (Å²) < 4.78 is 13.0. The van der Waals surface area contributed by atoms with Crippen molar-refractivity contribution in [1.82, 2.24) is 4.98 Å². The molecular formula is C15H23FN2. The molecule has 100 valence electrons. The minimum absolute atomic E-state index is 0.405. The lowest BCUT2D eigenvalue weighted by Gasteiger charge is -2.17. The van der Waals surface area contributed by atoms with Gasteiger partial charge in [-0.3, -0.25) is 0 Å². The van der Waals surface area contributed by atoms with E-state index in [0.29, 0.717) is 11.9 Å². The molecule has 2 rings (SSSR count). The first kappa shape index (κ1) is 13.3. The fourth-order valence-electron chi connectivity index (χ4n) is 2.92. The highest BCUT2D eigenvalue weighted by molar-refractivity contribution is 5.34. The Labute approximate surface area is 109 Å². The lowest BCUT2D eigenvalue weighted by molar-refractivity contribution is 0.422. The topological polar surface area (TPSA) is 24.9 Å². The molecule has 0 spiro atoms. The van der Waals surface area contributed by atoms with Crippen molar-refractivity contribution in [3.05, 3.63) is 24.1 Å². The van der Waals surface area contributed by atoms with Gasteiger partial charge in [0.1, 0.15) is 5.82 Å². The largest absolute Gasteiger partial charge is 0.367 e. The van der Waals surface area contributed by atoms with Gasteiger partial charge in [0.05, 0.1) is 0 Å². The van der Waals surface area contributed by atoms with Crippen molar-refractivity contribution in [2.24, 2.45) is 5.92 Å². The van der Waals surface area contributed by atoms with E-state index in [-0.39, 0.29) is 0 Å². The molecule has 1 aromatic rings. The Morgan fingerprint density at radius 3 is 2.94 bits per heavy atom. The number of nitrogens with one attached hydrogen (secondary N) is 1. The average molecular weight is 250 g/mol. The standard InChI is InChI=1S/C15H23FN2/c1-2-5-12-6-3-7-13(11-10-12)17-15-9-4-8-14(16)18-15/h4,8-9,12-13H,2-3,5-7,10-11H2,1H3,(H,17,18). The highest BCUT2D eigenvalue weighted by Gasteiger charge is 2.18.